The van der Waals surface area contributed by atoms with Crippen molar-refractivity contribution in [3.8, 4) is 0 Å². The molecule has 0 heterocycles. The second kappa shape index (κ2) is 7.17. The first-order chi connectivity index (χ1) is 8.84. The molecule has 1 aromatic rings. The summed E-state index contributed by atoms with van der Waals surface area (Å²) in [5.41, 5.74) is 3.58. The third-order valence-corrected chi connectivity index (χ3v) is 3.52. The summed E-state index contributed by atoms with van der Waals surface area (Å²) >= 11 is 0. The number of carbonyl (C=O) groups is 1. The van der Waals surface area contributed by atoms with Crippen LogP contribution < -0.4 is 5.48 Å². The summed E-state index contributed by atoms with van der Waals surface area (Å²) in [6.45, 7) is 0.427. The summed E-state index contributed by atoms with van der Waals surface area (Å²) in [7, 11) is 0. The van der Waals surface area contributed by atoms with Crippen LogP contribution in [-0.4, -0.2) is 5.91 Å². The Kier molecular flexibility index (Phi) is 5.21. The molecule has 0 atom stereocenters. The number of carbonyl (C=O) groups excluding carboxylic acids is 1. The molecule has 18 heavy (non-hydrogen) atoms. The van der Waals surface area contributed by atoms with Crippen molar-refractivity contribution in [2.75, 3.05) is 0 Å². The minimum atomic E-state index is -0.00201. The van der Waals surface area contributed by atoms with Crippen molar-refractivity contribution >= 4 is 5.91 Å². The molecule has 1 aliphatic rings. The van der Waals surface area contributed by atoms with E-state index in [1.165, 1.54) is 25.7 Å². The predicted molar refractivity (Wildman–Crippen MR) is 70.6 cm³/mol. The van der Waals surface area contributed by atoms with Gasteiger partial charge in [-0.3, -0.25) is 9.63 Å². The zero-order valence-corrected chi connectivity index (χ0v) is 10.7. The molecule has 1 fully saturated rings. The van der Waals surface area contributed by atoms with Gasteiger partial charge in [0.15, 0.2) is 0 Å². The van der Waals surface area contributed by atoms with Crippen molar-refractivity contribution in [3.63, 3.8) is 0 Å². The molecule has 0 spiro atoms. The Bertz CT molecular complexity index is 358. The second-order valence-corrected chi connectivity index (χ2v) is 4.99. The molecule has 3 nitrogen and oxygen atoms in total. The lowest BCUT2D eigenvalue weighted by Gasteiger charge is -2.09. The summed E-state index contributed by atoms with van der Waals surface area (Å²) in [6, 6.07) is 9.83. The van der Waals surface area contributed by atoms with Gasteiger partial charge < -0.3 is 0 Å². The van der Waals surface area contributed by atoms with E-state index in [2.05, 4.69) is 5.48 Å². The van der Waals surface area contributed by atoms with Gasteiger partial charge in [-0.15, -0.1) is 0 Å². The third-order valence-electron chi connectivity index (χ3n) is 3.52. The molecule has 0 bridgehead atoms. The van der Waals surface area contributed by atoms with Crippen LogP contribution in [0.1, 0.15) is 44.1 Å². The number of rotatable bonds is 6. The van der Waals surface area contributed by atoms with Gasteiger partial charge in [0.25, 0.3) is 0 Å². The molecule has 3 heteroatoms. The molecule has 0 saturated heterocycles. The lowest BCUT2D eigenvalue weighted by atomic mass is 10.0. The summed E-state index contributed by atoms with van der Waals surface area (Å²) in [5, 5.41) is 0. The Morgan fingerprint density at radius 2 is 1.94 bits per heavy atom. The molecule has 0 unspecified atom stereocenters. The molecule has 1 aliphatic carbocycles. The molecule has 1 aromatic carbocycles. The van der Waals surface area contributed by atoms with Crippen molar-refractivity contribution < 1.29 is 9.63 Å². The fraction of sp³-hybridized carbons (Fsp3) is 0.533. The first-order valence-corrected chi connectivity index (χ1v) is 6.79. The van der Waals surface area contributed by atoms with E-state index in [0.717, 1.165) is 17.9 Å². The Morgan fingerprint density at radius 1 is 1.22 bits per heavy atom. The van der Waals surface area contributed by atoms with Crippen LogP contribution in [0.15, 0.2) is 30.3 Å². The zero-order valence-electron chi connectivity index (χ0n) is 10.7. The highest BCUT2D eigenvalue weighted by Gasteiger charge is 2.15. The first-order valence-electron chi connectivity index (χ1n) is 6.79. The summed E-state index contributed by atoms with van der Waals surface area (Å²) in [5.74, 6) is 0.753. The van der Waals surface area contributed by atoms with Crippen LogP contribution in [-0.2, 0) is 16.2 Å². The van der Waals surface area contributed by atoms with Gasteiger partial charge in [-0.05, 0) is 17.9 Å². The smallest absolute Gasteiger partial charge is 0.243 e. The molecule has 0 aromatic heterocycles. The average molecular weight is 247 g/mol. The van der Waals surface area contributed by atoms with Crippen LogP contribution in [0, 0.1) is 5.92 Å². The Balaban J connectivity index is 1.57. The molecule has 1 saturated carbocycles. The number of hydroxylamine groups is 1. The van der Waals surface area contributed by atoms with Crippen molar-refractivity contribution in [1.29, 1.82) is 0 Å². The zero-order chi connectivity index (χ0) is 12.6. The van der Waals surface area contributed by atoms with E-state index in [1.54, 1.807) is 0 Å². The number of hydrogen-bond acceptors (Lipinski definition) is 2. The topological polar surface area (TPSA) is 38.3 Å². The standard InChI is InChI=1S/C15H21NO2/c17-15(11-10-13-6-4-5-7-13)16-18-12-14-8-2-1-3-9-14/h1-3,8-9,13H,4-7,10-12H2,(H,16,17). The number of hydrogen-bond donors (Lipinski definition) is 1. The van der Waals surface area contributed by atoms with Gasteiger partial charge >= 0.3 is 0 Å². The van der Waals surface area contributed by atoms with Gasteiger partial charge in [0, 0.05) is 6.42 Å². The van der Waals surface area contributed by atoms with E-state index in [1.807, 2.05) is 30.3 Å². The van der Waals surface area contributed by atoms with Crippen molar-refractivity contribution in [3.05, 3.63) is 35.9 Å². The summed E-state index contributed by atoms with van der Waals surface area (Å²) in [6.07, 6.45) is 6.82. The van der Waals surface area contributed by atoms with Crippen molar-refractivity contribution in [2.24, 2.45) is 5.92 Å². The van der Waals surface area contributed by atoms with Gasteiger partial charge in [0.2, 0.25) is 5.91 Å². The highest BCUT2D eigenvalue weighted by Crippen LogP contribution is 2.28. The van der Waals surface area contributed by atoms with Crippen LogP contribution in [0.3, 0.4) is 0 Å². The molecule has 2 rings (SSSR count). The number of benzene rings is 1. The molecular weight excluding hydrogens is 226 g/mol. The summed E-state index contributed by atoms with van der Waals surface area (Å²) < 4.78 is 0. The van der Waals surface area contributed by atoms with Gasteiger partial charge in [-0.1, -0.05) is 56.0 Å². The highest BCUT2D eigenvalue weighted by atomic mass is 16.6. The predicted octanol–water partition coefficient (Wildman–Crippen LogP) is 3.20. The van der Waals surface area contributed by atoms with E-state index in [0.29, 0.717) is 13.0 Å². The SMILES string of the molecule is O=C(CCC1CCCC1)NOCc1ccccc1. The molecule has 0 aliphatic heterocycles. The third kappa shape index (κ3) is 4.49. The maximum absolute atomic E-state index is 11.6. The second-order valence-electron chi connectivity index (χ2n) is 4.99. The Labute approximate surface area is 108 Å². The van der Waals surface area contributed by atoms with Crippen molar-refractivity contribution in [2.45, 2.75) is 45.1 Å². The van der Waals surface area contributed by atoms with E-state index in [4.69, 9.17) is 4.84 Å². The Morgan fingerprint density at radius 3 is 2.67 bits per heavy atom. The van der Waals surface area contributed by atoms with Crippen LogP contribution in [0.2, 0.25) is 0 Å². The van der Waals surface area contributed by atoms with Crippen LogP contribution >= 0.6 is 0 Å². The normalized spacial score (nSPS) is 15.8. The molecule has 1 amide bonds. The lowest BCUT2D eigenvalue weighted by molar-refractivity contribution is -0.134. The number of amides is 1. The first kappa shape index (κ1) is 13.1. The maximum Gasteiger partial charge on any atom is 0.243 e. The Hall–Kier alpha value is -1.35. The van der Waals surface area contributed by atoms with Crippen LogP contribution in [0.5, 0.6) is 0 Å². The van der Waals surface area contributed by atoms with Crippen LogP contribution in [0.4, 0.5) is 0 Å². The van der Waals surface area contributed by atoms with Gasteiger partial charge in [-0.25, -0.2) is 5.48 Å². The lowest BCUT2D eigenvalue weighted by Crippen LogP contribution is -2.23. The van der Waals surface area contributed by atoms with Gasteiger partial charge in [-0.2, -0.15) is 0 Å². The fourth-order valence-corrected chi connectivity index (χ4v) is 2.46. The highest BCUT2D eigenvalue weighted by molar-refractivity contribution is 5.74. The minimum absolute atomic E-state index is 0.00201. The quantitative estimate of drug-likeness (QED) is 0.784. The van der Waals surface area contributed by atoms with Gasteiger partial charge in [0.1, 0.15) is 0 Å². The monoisotopic (exact) mass is 247 g/mol. The van der Waals surface area contributed by atoms with E-state index < -0.39 is 0 Å². The largest absolute Gasteiger partial charge is 0.273 e. The molecule has 0 radical (unpaired) electrons. The summed E-state index contributed by atoms with van der Waals surface area (Å²) in [4.78, 5) is 16.8. The van der Waals surface area contributed by atoms with Gasteiger partial charge in [0.05, 0.1) is 6.61 Å². The van der Waals surface area contributed by atoms with E-state index in [-0.39, 0.29) is 5.91 Å². The molecule has 98 valence electrons. The number of nitrogens with one attached hydrogen (secondary N) is 1. The average Bonchev–Trinajstić information content (AvgIpc) is 2.91. The van der Waals surface area contributed by atoms with Crippen LogP contribution in [0.25, 0.3) is 0 Å². The molecular formula is C15H21NO2. The minimum Gasteiger partial charge on any atom is -0.273 e. The van der Waals surface area contributed by atoms with Crippen molar-refractivity contribution in [1.82, 2.24) is 5.48 Å². The van der Waals surface area contributed by atoms with E-state index in [9.17, 15) is 4.79 Å². The molecule has 1 N–H and O–H groups in total. The maximum atomic E-state index is 11.6. The van der Waals surface area contributed by atoms with E-state index >= 15 is 0 Å². The fourth-order valence-electron chi connectivity index (χ4n) is 2.46.